The van der Waals surface area contributed by atoms with Crippen LogP contribution in [0.2, 0.25) is 0 Å². The van der Waals surface area contributed by atoms with E-state index >= 15 is 0 Å². The van der Waals surface area contributed by atoms with Crippen LogP contribution < -0.4 is 9.62 Å². The van der Waals surface area contributed by atoms with Crippen LogP contribution in [-0.2, 0) is 21.2 Å². The van der Waals surface area contributed by atoms with Crippen LogP contribution in [0.4, 0.5) is 5.69 Å². The Balaban J connectivity index is 1.83. The molecule has 26 heavy (non-hydrogen) atoms. The molecule has 0 aliphatic carbocycles. The molecule has 140 valence electrons. The molecule has 2 aromatic rings. The van der Waals surface area contributed by atoms with Gasteiger partial charge in [0.1, 0.15) is 0 Å². The summed E-state index contributed by atoms with van der Waals surface area (Å²) in [7, 11) is -3.35. The first kappa shape index (κ1) is 20.1. The van der Waals surface area contributed by atoms with Gasteiger partial charge in [-0.05, 0) is 43.0 Å². The van der Waals surface area contributed by atoms with Crippen molar-refractivity contribution in [2.75, 3.05) is 23.7 Å². The number of sulfonamides is 1. The van der Waals surface area contributed by atoms with E-state index in [0.717, 1.165) is 23.2 Å². The summed E-state index contributed by atoms with van der Waals surface area (Å²) in [6.07, 6.45) is 1.29. The molecular formula is C20H26N2O3S. The highest BCUT2D eigenvalue weighted by atomic mass is 32.2. The first-order valence-electron chi connectivity index (χ1n) is 8.73. The fourth-order valence-electron chi connectivity index (χ4n) is 2.76. The number of carbonyl (C=O) groups excluding carboxylic acids is 1. The molecule has 0 atom stereocenters. The van der Waals surface area contributed by atoms with E-state index in [0.29, 0.717) is 13.0 Å². The summed E-state index contributed by atoms with van der Waals surface area (Å²) in [6.45, 7) is 3.94. The Kier molecular flexibility index (Phi) is 7.36. The number of amides is 1. The zero-order valence-corrected chi connectivity index (χ0v) is 16.1. The minimum absolute atomic E-state index is 0.0758. The summed E-state index contributed by atoms with van der Waals surface area (Å²) in [4.78, 5) is 13.5. The largest absolute Gasteiger partial charge is 0.311 e. The monoisotopic (exact) mass is 374 g/mol. The summed E-state index contributed by atoms with van der Waals surface area (Å²) in [5, 5.41) is 0. The van der Waals surface area contributed by atoms with Crippen molar-refractivity contribution in [2.24, 2.45) is 0 Å². The topological polar surface area (TPSA) is 66.5 Å². The molecule has 0 aromatic heterocycles. The van der Waals surface area contributed by atoms with Gasteiger partial charge in [-0.1, -0.05) is 42.5 Å². The van der Waals surface area contributed by atoms with Crippen LogP contribution in [0.25, 0.3) is 0 Å². The Morgan fingerprint density at radius 3 is 2.46 bits per heavy atom. The summed E-state index contributed by atoms with van der Waals surface area (Å²) in [6, 6.07) is 17.4. The lowest BCUT2D eigenvalue weighted by atomic mass is 10.1. The standard InChI is InChI=1S/C20H26N2O3S/c1-17-8-6-12-20(16-17)22(18(2)23)14-13-21-26(24,25)15-7-11-19-9-4-3-5-10-19/h3-6,8-10,12,16,21H,7,11,13-15H2,1-2H3. The lowest BCUT2D eigenvalue weighted by molar-refractivity contribution is -0.116. The molecule has 1 N–H and O–H groups in total. The van der Waals surface area contributed by atoms with E-state index in [-0.39, 0.29) is 18.2 Å². The number of nitrogens with zero attached hydrogens (tertiary/aromatic N) is 1. The first-order chi connectivity index (χ1) is 12.4. The number of carbonyl (C=O) groups is 1. The van der Waals surface area contributed by atoms with Crippen LogP contribution in [0.15, 0.2) is 54.6 Å². The number of nitrogens with one attached hydrogen (secondary N) is 1. The van der Waals surface area contributed by atoms with Gasteiger partial charge in [-0.25, -0.2) is 13.1 Å². The van der Waals surface area contributed by atoms with E-state index in [1.54, 1.807) is 4.90 Å². The minimum Gasteiger partial charge on any atom is -0.311 e. The van der Waals surface area contributed by atoms with Crippen LogP contribution in [0.3, 0.4) is 0 Å². The van der Waals surface area contributed by atoms with E-state index in [1.807, 2.05) is 61.5 Å². The molecule has 6 heteroatoms. The van der Waals surface area contributed by atoms with E-state index in [2.05, 4.69) is 4.72 Å². The highest BCUT2D eigenvalue weighted by molar-refractivity contribution is 7.89. The summed E-state index contributed by atoms with van der Waals surface area (Å²) >= 11 is 0. The third kappa shape index (κ3) is 6.61. The maximum Gasteiger partial charge on any atom is 0.223 e. The number of hydrogen-bond donors (Lipinski definition) is 1. The van der Waals surface area contributed by atoms with Gasteiger partial charge in [-0.2, -0.15) is 0 Å². The average Bonchev–Trinajstić information content (AvgIpc) is 2.59. The van der Waals surface area contributed by atoms with Crippen LogP contribution in [-0.4, -0.2) is 33.2 Å². The normalized spacial score (nSPS) is 11.3. The molecule has 0 saturated heterocycles. The molecule has 0 aliphatic heterocycles. The van der Waals surface area contributed by atoms with Crippen molar-refractivity contribution in [1.29, 1.82) is 0 Å². The predicted octanol–water partition coefficient (Wildman–Crippen LogP) is 2.90. The third-order valence-electron chi connectivity index (χ3n) is 4.07. The molecule has 5 nitrogen and oxygen atoms in total. The lowest BCUT2D eigenvalue weighted by Gasteiger charge is -2.21. The zero-order chi connectivity index (χ0) is 19.0. The van der Waals surface area contributed by atoms with Gasteiger partial charge in [0, 0.05) is 25.7 Å². The number of hydrogen-bond acceptors (Lipinski definition) is 3. The van der Waals surface area contributed by atoms with Crippen LogP contribution in [0.5, 0.6) is 0 Å². The van der Waals surface area contributed by atoms with Crippen molar-refractivity contribution in [3.05, 3.63) is 65.7 Å². The fraction of sp³-hybridized carbons (Fsp3) is 0.350. The molecule has 0 bridgehead atoms. The maximum atomic E-state index is 12.1. The molecule has 1 amide bonds. The summed E-state index contributed by atoms with van der Waals surface area (Å²) in [5.41, 5.74) is 2.96. The Morgan fingerprint density at radius 2 is 1.81 bits per heavy atom. The third-order valence-corrected chi connectivity index (χ3v) is 5.54. The Labute approximate surface area is 156 Å². The van der Waals surface area contributed by atoms with Gasteiger partial charge in [0.25, 0.3) is 0 Å². The van der Waals surface area contributed by atoms with Crippen LogP contribution >= 0.6 is 0 Å². The van der Waals surface area contributed by atoms with E-state index in [9.17, 15) is 13.2 Å². The van der Waals surface area contributed by atoms with Gasteiger partial charge in [-0.3, -0.25) is 4.79 Å². The summed E-state index contributed by atoms with van der Waals surface area (Å²) in [5.74, 6) is -0.0363. The molecule has 0 fully saturated rings. The molecule has 0 spiro atoms. The molecule has 2 rings (SSSR count). The van der Waals surface area contributed by atoms with Crippen LogP contribution in [0.1, 0.15) is 24.5 Å². The molecule has 2 aromatic carbocycles. The quantitative estimate of drug-likeness (QED) is 0.734. The van der Waals surface area contributed by atoms with Gasteiger partial charge in [0.05, 0.1) is 5.75 Å². The smallest absolute Gasteiger partial charge is 0.223 e. The molecular weight excluding hydrogens is 348 g/mol. The fourth-order valence-corrected chi connectivity index (χ4v) is 3.83. The molecule has 0 radical (unpaired) electrons. The Bertz CT molecular complexity index is 820. The second-order valence-corrected chi connectivity index (χ2v) is 8.24. The molecule has 0 aliphatic rings. The minimum atomic E-state index is -3.35. The van der Waals surface area contributed by atoms with E-state index in [1.165, 1.54) is 6.92 Å². The summed E-state index contributed by atoms with van der Waals surface area (Å²) < 4.78 is 26.9. The number of rotatable bonds is 9. The number of benzene rings is 2. The SMILES string of the molecule is CC(=O)N(CCNS(=O)(=O)CCCc1ccccc1)c1cccc(C)c1. The molecule has 0 unspecified atom stereocenters. The van der Waals surface area contributed by atoms with Gasteiger partial charge >= 0.3 is 0 Å². The van der Waals surface area contributed by atoms with Crippen molar-refractivity contribution in [2.45, 2.75) is 26.7 Å². The number of anilines is 1. The molecule has 0 saturated carbocycles. The van der Waals surface area contributed by atoms with Crippen molar-refractivity contribution in [3.63, 3.8) is 0 Å². The highest BCUT2D eigenvalue weighted by Crippen LogP contribution is 2.15. The second-order valence-electron chi connectivity index (χ2n) is 6.31. The maximum absolute atomic E-state index is 12.1. The number of aryl methyl sites for hydroxylation is 2. The highest BCUT2D eigenvalue weighted by Gasteiger charge is 2.14. The van der Waals surface area contributed by atoms with Crippen molar-refractivity contribution in [1.82, 2.24) is 4.72 Å². The zero-order valence-electron chi connectivity index (χ0n) is 15.3. The predicted molar refractivity (Wildman–Crippen MR) is 106 cm³/mol. The van der Waals surface area contributed by atoms with Gasteiger partial charge in [0.15, 0.2) is 0 Å². The van der Waals surface area contributed by atoms with E-state index < -0.39 is 10.0 Å². The van der Waals surface area contributed by atoms with Gasteiger partial charge in [-0.15, -0.1) is 0 Å². The lowest BCUT2D eigenvalue weighted by Crippen LogP contribution is -2.38. The van der Waals surface area contributed by atoms with Crippen molar-refractivity contribution >= 4 is 21.6 Å². The van der Waals surface area contributed by atoms with Gasteiger partial charge < -0.3 is 4.90 Å². The van der Waals surface area contributed by atoms with Crippen molar-refractivity contribution < 1.29 is 13.2 Å². The van der Waals surface area contributed by atoms with E-state index in [4.69, 9.17) is 0 Å². The Morgan fingerprint density at radius 1 is 1.08 bits per heavy atom. The molecule has 0 heterocycles. The van der Waals surface area contributed by atoms with Crippen LogP contribution in [0, 0.1) is 6.92 Å². The average molecular weight is 375 g/mol. The van der Waals surface area contributed by atoms with Crippen molar-refractivity contribution in [3.8, 4) is 0 Å². The Hall–Kier alpha value is -2.18. The first-order valence-corrected chi connectivity index (χ1v) is 10.4. The van der Waals surface area contributed by atoms with Gasteiger partial charge in [0.2, 0.25) is 15.9 Å². The second kappa shape index (κ2) is 9.50.